The average molecular weight is 516 g/mol. The number of aromatic nitrogens is 3. The van der Waals surface area contributed by atoms with Gasteiger partial charge >= 0.3 is 0 Å². The van der Waals surface area contributed by atoms with Crippen LogP contribution in [0.4, 0.5) is 8.78 Å². The molecule has 3 aromatic rings. The molecule has 9 heteroatoms. The summed E-state index contributed by atoms with van der Waals surface area (Å²) in [5.74, 6) is -1.96. The number of halogens is 2. The van der Waals surface area contributed by atoms with E-state index in [0.717, 1.165) is 86.7 Å². The van der Waals surface area contributed by atoms with Crippen molar-refractivity contribution in [1.29, 1.82) is 0 Å². The second-order valence-corrected chi connectivity index (χ2v) is 11.8. The fraction of sp³-hybridized carbons (Fsp3) is 0.593. The second-order valence-electron chi connectivity index (χ2n) is 10.6. The maximum Gasteiger partial charge on any atom is 0.252 e. The highest BCUT2D eigenvalue weighted by molar-refractivity contribution is 7.11. The predicted octanol–water partition coefficient (Wildman–Crippen LogP) is 5.35. The molecule has 0 saturated heterocycles. The summed E-state index contributed by atoms with van der Waals surface area (Å²) >= 11 is 1.62. The number of rotatable bonds is 8. The number of carbonyl (C=O) groups is 1. The van der Waals surface area contributed by atoms with Crippen LogP contribution < -0.4 is 5.32 Å². The van der Waals surface area contributed by atoms with Crippen molar-refractivity contribution < 1.29 is 13.6 Å². The third-order valence-electron chi connectivity index (χ3n) is 7.57. The molecule has 3 heterocycles. The molecule has 0 spiro atoms. The summed E-state index contributed by atoms with van der Waals surface area (Å²) in [5.41, 5.74) is 2.63. The van der Waals surface area contributed by atoms with Crippen LogP contribution in [-0.4, -0.2) is 50.6 Å². The fourth-order valence-corrected chi connectivity index (χ4v) is 6.58. The number of nitrogens with one attached hydrogen (secondary N) is 1. The minimum atomic E-state index is -2.63. The van der Waals surface area contributed by atoms with Crippen LogP contribution in [0.5, 0.6) is 0 Å². The van der Waals surface area contributed by atoms with Crippen LogP contribution in [0.15, 0.2) is 24.4 Å². The van der Waals surface area contributed by atoms with Crippen molar-refractivity contribution in [3.05, 3.63) is 45.5 Å². The van der Waals surface area contributed by atoms with Gasteiger partial charge in [0.2, 0.25) is 5.92 Å². The first-order valence-electron chi connectivity index (χ1n) is 13.0. The van der Waals surface area contributed by atoms with Crippen molar-refractivity contribution in [2.75, 3.05) is 13.1 Å². The van der Waals surface area contributed by atoms with Crippen LogP contribution in [0, 0.1) is 5.92 Å². The number of aryl methyl sites for hydroxylation is 2. The molecule has 1 amide bonds. The molecule has 0 atom stereocenters. The molecule has 0 radical (unpaired) electrons. The predicted molar refractivity (Wildman–Crippen MR) is 139 cm³/mol. The number of fused-ring (bicyclic) bond motifs is 2. The highest BCUT2D eigenvalue weighted by Crippen LogP contribution is 2.31. The Balaban J connectivity index is 1.06. The molecule has 2 aliphatic rings. The van der Waals surface area contributed by atoms with Gasteiger partial charge in [0.05, 0.1) is 21.8 Å². The van der Waals surface area contributed by atoms with Gasteiger partial charge in [0.25, 0.3) is 5.91 Å². The lowest BCUT2D eigenvalue weighted by Gasteiger charge is -2.32. The number of amides is 1. The van der Waals surface area contributed by atoms with Crippen molar-refractivity contribution in [2.45, 2.75) is 76.8 Å². The average Bonchev–Trinajstić information content (AvgIpc) is 3.43. The molecule has 0 unspecified atom stereocenters. The van der Waals surface area contributed by atoms with Crippen molar-refractivity contribution in [1.82, 2.24) is 25.0 Å². The van der Waals surface area contributed by atoms with Crippen molar-refractivity contribution in [3.8, 4) is 0 Å². The van der Waals surface area contributed by atoms with E-state index in [1.54, 1.807) is 16.0 Å². The summed E-state index contributed by atoms with van der Waals surface area (Å²) in [6.45, 7) is 3.87. The van der Waals surface area contributed by atoms with Gasteiger partial charge in [0.1, 0.15) is 0 Å². The normalized spacial score (nSPS) is 21.0. The van der Waals surface area contributed by atoms with Crippen molar-refractivity contribution in [3.63, 3.8) is 0 Å². The molecule has 1 aromatic carbocycles. The van der Waals surface area contributed by atoms with E-state index in [2.05, 4.69) is 20.3 Å². The highest BCUT2D eigenvalue weighted by atomic mass is 32.1. The molecule has 36 heavy (non-hydrogen) atoms. The number of benzene rings is 1. The maximum atomic E-state index is 13.2. The number of thiazole rings is 1. The Hall–Kier alpha value is -2.39. The molecule has 1 saturated carbocycles. The van der Waals surface area contributed by atoms with E-state index in [1.165, 1.54) is 4.88 Å². The zero-order chi connectivity index (χ0) is 25.3. The van der Waals surface area contributed by atoms with Crippen LogP contribution in [-0.2, 0) is 26.4 Å². The molecular weight excluding hydrogens is 480 g/mol. The second kappa shape index (κ2) is 10.5. The zero-order valence-corrected chi connectivity index (χ0v) is 21.9. The zero-order valence-electron chi connectivity index (χ0n) is 21.1. The van der Waals surface area contributed by atoms with E-state index in [4.69, 9.17) is 0 Å². The number of carbonyl (C=O) groups excluding carboxylic acids is 1. The van der Waals surface area contributed by atoms with Crippen LogP contribution in [0.1, 0.15) is 71.4 Å². The number of nitrogens with zero attached hydrogens (tertiary/aromatic N) is 4. The van der Waals surface area contributed by atoms with Gasteiger partial charge in [0, 0.05) is 55.5 Å². The summed E-state index contributed by atoms with van der Waals surface area (Å²) in [5, 5.41) is 9.40. The Morgan fingerprint density at radius 3 is 2.83 bits per heavy atom. The molecule has 5 rings (SSSR count). The molecular formula is C27H35F2N5OS. The van der Waals surface area contributed by atoms with Gasteiger partial charge in [-0.3, -0.25) is 14.4 Å². The largest absolute Gasteiger partial charge is 0.349 e. The summed E-state index contributed by atoms with van der Waals surface area (Å²) in [6, 6.07) is 5.92. The summed E-state index contributed by atoms with van der Waals surface area (Å²) in [7, 11) is 1.87. The number of hydrogen-bond acceptors (Lipinski definition) is 5. The lowest BCUT2D eigenvalue weighted by atomic mass is 9.84. The smallest absolute Gasteiger partial charge is 0.252 e. The third kappa shape index (κ3) is 6.11. The van der Waals surface area contributed by atoms with Crippen LogP contribution in [0.25, 0.3) is 10.9 Å². The molecule has 6 nitrogen and oxygen atoms in total. The molecule has 1 N–H and O–H groups in total. The molecule has 194 valence electrons. The number of hydrogen-bond donors (Lipinski definition) is 1. The van der Waals surface area contributed by atoms with Gasteiger partial charge < -0.3 is 5.32 Å². The Bertz CT molecular complexity index is 1210. The lowest BCUT2D eigenvalue weighted by molar-refractivity contribution is 0.0133. The van der Waals surface area contributed by atoms with Gasteiger partial charge in [-0.25, -0.2) is 13.8 Å². The van der Waals surface area contributed by atoms with Crippen LogP contribution >= 0.6 is 11.3 Å². The first-order chi connectivity index (χ1) is 17.2. The quantitative estimate of drug-likeness (QED) is 0.439. The van der Waals surface area contributed by atoms with E-state index in [-0.39, 0.29) is 18.4 Å². The van der Waals surface area contributed by atoms with Crippen LogP contribution in [0.3, 0.4) is 0 Å². The van der Waals surface area contributed by atoms with E-state index in [9.17, 15) is 13.6 Å². The first-order valence-corrected chi connectivity index (χ1v) is 13.9. The van der Waals surface area contributed by atoms with Crippen LogP contribution in [0.2, 0.25) is 0 Å². The standard InChI is InChI=1S/C27H35F2N5OS/c1-27(28,29)13-10-25-31-23-17-34(15-12-24(23)36-25)14-11-18-6-8-19(9-7-18)30-26(35)20-4-3-5-22-21(20)16-33(2)32-22/h3-5,16,18-19H,6-15,17H2,1-2H3,(H,30,35). The van der Waals surface area contributed by atoms with Crippen molar-refractivity contribution in [2.24, 2.45) is 13.0 Å². The Morgan fingerprint density at radius 2 is 2.06 bits per heavy atom. The SMILES string of the molecule is Cn1cc2c(C(=O)NC3CCC(CCN4CCc5sc(CCC(C)(F)F)nc5C4)CC3)cccc2n1. The fourth-order valence-electron chi connectivity index (χ4n) is 5.51. The van der Waals surface area contributed by atoms with Gasteiger partial charge in [-0.15, -0.1) is 11.3 Å². The topological polar surface area (TPSA) is 63.1 Å². The molecule has 2 aromatic heterocycles. The Kier molecular flexibility index (Phi) is 7.40. The molecule has 1 aliphatic heterocycles. The van der Waals surface area contributed by atoms with E-state index in [1.807, 2.05) is 31.4 Å². The maximum absolute atomic E-state index is 13.2. The summed E-state index contributed by atoms with van der Waals surface area (Å²) in [4.78, 5) is 21.4. The van der Waals surface area contributed by atoms with Gasteiger partial charge in [-0.2, -0.15) is 5.10 Å². The Labute approximate surface area is 215 Å². The van der Waals surface area contributed by atoms with Crippen molar-refractivity contribution >= 4 is 28.1 Å². The first kappa shape index (κ1) is 25.3. The summed E-state index contributed by atoms with van der Waals surface area (Å²) < 4.78 is 28.1. The monoisotopic (exact) mass is 515 g/mol. The minimum Gasteiger partial charge on any atom is -0.349 e. The van der Waals surface area contributed by atoms with E-state index < -0.39 is 5.92 Å². The minimum absolute atomic E-state index is 0.00791. The van der Waals surface area contributed by atoms with E-state index in [0.29, 0.717) is 17.9 Å². The molecule has 1 aliphatic carbocycles. The Morgan fingerprint density at radius 1 is 1.25 bits per heavy atom. The van der Waals surface area contributed by atoms with E-state index >= 15 is 0 Å². The van der Waals surface area contributed by atoms with Gasteiger partial charge in [0.15, 0.2) is 0 Å². The number of alkyl halides is 2. The third-order valence-corrected chi connectivity index (χ3v) is 8.79. The van der Waals surface area contributed by atoms with Gasteiger partial charge in [-0.05, 0) is 70.0 Å². The molecule has 0 bridgehead atoms. The molecule has 1 fully saturated rings. The summed E-state index contributed by atoms with van der Waals surface area (Å²) in [6.07, 6.45) is 8.55. The lowest BCUT2D eigenvalue weighted by Crippen LogP contribution is -2.38. The van der Waals surface area contributed by atoms with Gasteiger partial charge in [-0.1, -0.05) is 6.07 Å². The highest BCUT2D eigenvalue weighted by Gasteiger charge is 2.27.